The maximum atomic E-state index is 13.9. The first kappa shape index (κ1) is 20.9. The van der Waals surface area contributed by atoms with Gasteiger partial charge in [-0.25, -0.2) is 4.79 Å². The Morgan fingerprint density at radius 2 is 1.73 bits per heavy atom. The Balaban J connectivity index is 1.80. The van der Waals surface area contributed by atoms with Gasteiger partial charge in [0, 0.05) is 5.69 Å². The lowest BCUT2D eigenvalue weighted by molar-refractivity contribution is -0.198. The van der Waals surface area contributed by atoms with Gasteiger partial charge < -0.3 is 10.6 Å². The molecule has 1 atom stereocenters. The molecule has 0 aromatic heterocycles. The van der Waals surface area contributed by atoms with Crippen molar-refractivity contribution in [3.63, 3.8) is 0 Å². The van der Waals surface area contributed by atoms with Crippen molar-refractivity contribution < 1.29 is 27.6 Å². The van der Waals surface area contributed by atoms with Crippen molar-refractivity contribution in [3.05, 3.63) is 65.7 Å². The van der Waals surface area contributed by atoms with Crippen LogP contribution in [0.25, 0.3) is 0 Å². The molecule has 1 heterocycles. The van der Waals surface area contributed by atoms with Crippen LogP contribution in [0, 0.1) is 11.3 Å². The Kier molecular flexibility index (Phi) is 5.47. The molecule has 30 heavy (non-hydrogen) atoms. The number of alkyl halides is 3. The molecule has 7 nitrogen and oxygen atoms in total. The highest BCUT2D eigenvalue weighted by Crippen LogP contribution is 2.43. The van der Waals surface area contributed by atoms with E-state index < -0.39 is 41.7 Å². The third-order valence-electron chi connectivity index (χ3n) is 4.56. The molecular formula is C20H15F3N4O3. The zero-order chi connectivity index (χ0) is 21.9. The second-order valence-electron chi connectivity index (χ2n) is 6.52. The minimum absolute atomic E-state index is 0.176. The van der Waals surface area contributed by atoms with Crippen LogP contribution in [-0.2, 0) is 21.5 Å². The molecule has 1 aliphatic heterocycles. The molecule has 2 aromatic carbocycles. The van der Waals surface area contributed by atoms with Crippen LogP contribution in [0.3, 0.4) is 0 Å². The fourth-order valence-electron chi connectivity index (χ4n) is 3.10. The number of amides is 4. The van der Waals surface area contributed by atoms with Crippen molar-refractivity contribution in [1.29, 1.82) is 5.26 Å². The molecule has 2 aromatic rings. The van der Waals surface area contributed by atoms with Gasteiger partial charge in [0.25, 0.3) is 5.91 Å². The van der Waals surface area contributed by atoms with Gasteiger partial charge in [0.15, 0.2) is 0 Å². The number of rotatable bonds is 5. The first-order valence-corrected chi connectivity index (χ1v) is 8.71. The number of nitriles is 1. The zero-order valence-corrected chi connectivity index (χ0v) is 15.4. The van der Waals surface area contributed by atoms with Crippen molar-refractivity contribution in [2.24, 2.45) is 0 Å². The lowest BCUT2D eigenvalue weighted by Crippen LogP contribution is -2.55. The van der Waals surface area contributed by atoms with Gasteiger partial charge in [-0.15, -0.1) is 0 Å². The van der Waals surface area contributed by atoms with Crippen LogP contribution in [-0.4, -0.2) is 35.5 Å². The van der Waals surface area contributed by atoms with E-state index in [-0.39, 0.29) is 11.3 Å². The highest BCUT2D eigenvalue weighted by atomic mass is 19.4. The van der Waals surface area contributed by atoms with Gasteiger partial charge in [0.2, 0.25) is 11.4 Å². The average Bonchev–Trinajstić information content (AvgIpc) is 2.96. The Labute approximate surface area is 169 Å². The molecule has 0 saturated carbocycles. The van der Waals surface area contributed by atoms with E-state index in [1.165, 1.54) is 30.3 Å². The summed E-state index contributed by atoms with van der Waals surface area (Å²) in [6.07, 6.45) is -4.95. The van der Waals surface area contributed by atoms with Gasteiger partial charge in [0.1, 0.15) is 6.54 Å². The molecule has 10 heteroatoms. The highest BCUT2D eigenvalue weighted by molar-refractivity contribution is 6.11. The molecule has 0 bridgehead atoms. The van der Waals surface area contributed by atoms with Gasteiger partial charge in [-0.2, -0.15) is 18.4 Å². The summed E-state index contributed by atoms with van der Waals surface area (Å²) >= 11 is 0. The SMILES string of the molecule is N#CCc1ccc(NC(=O)CN2C(=O)NC(c3ccccc3)(C(F)(F)F)C2=O)cc1. The quantitative estimate of drug-likeness (QED) is 0.732. The summed E-state index contributed by atoms with van der Waals surface area (Å²) < 4.78 is 41.7. The van der Waals surface area contributed by atoms with Crippen molar-refractivity contribution in [1.82, 2.24) is 10.2 Å². The summed E-state index contributed by atoms with van der Waals surface area (Å²) in [6.45, 7) is -0.894. The number of hydrogen-bond acceptors (Lipinski definition) is 4. The fourth-order valence-corrected chi connectivity index (χ4v) is 3.10. The number of anilines is 1. The van der Waals surface area contributed by atoms with Crippen molar-refractivity contribution in [2.45, 2.75) is 18.1 Å². The van der Waals surface area contributed by atoms with Crippen LogP contribution in [0.15, 0.2) is 54.6 Å². The molecule has 2 N–H and O–H groups in total. The van der Waals surface area contributed by atoms with E-state index in [9.17, 15) is 27.6 Å². The summed E-state index contributed by atoms with van der Waals surface area (Å²) in [5.41, 5.74) is -2.70. The minimum atomic E-state index is -5.12. The molecule has 0 aliphatic carbocycles. The molecular weight excluding hydrogens is 401 g/mol. The minimum Gasteiger partial charge on any atom is -0.325 e. The maximum Gasteiger partial charge on any atom is 0.425 e. The van der Waals surface area contributed by atoms with Gasteiger partial charge in [-0.3, -0.25) is 14.5 Å². The second-order valence-corrected chi connectivity index (χ2v) is 6.52. The van der Waals surface area contributed by atoms with Gasteiger partial charge in [0.05, 0.1) is 12.5 Å². The first-order chi connectivity index (χ1) is 14.2. The Hall–Kier alpha value is -3.87. The summed E-state index contributed by atoms with van der Waals surface area (Å²) in [7, 11) is 0. The van der Waals surface area contributed by atoms with E-state index in [0.29, 0.717) is 11.3 Å². The van der Waals surface area contributed by atoms with E-state index in [4.69, 9.17) is 5.26 Å². The Morgan fingerprint density at radius 1 is 1.10 bits per heavy atom. The van der Waals surface area contributed by atoms with Crippen LogP contribution in [0.1, 0.15) is 11.1 Å². The number of halogens is 3. The predicted octanol–water partition coefficient (Wildman–Crippen LogP) is 2.70. The molecule has 0 spiro atoms. The number of nitrogens with one attached hydrogen (secondary N) is 2. The molecule has 0 radical (unpaired) electrons. The smallest absolute Gasteiger partial charge is 0.325 e. The molecule has 4 amide bonds. The third kappa shape index (κ3) is 3.69. The summed E-state index contributed by atoms with van der Waals surface area (Å²) in [5, 5.41) is 12.8. The number of carbonyl (C=O) groups is 3. The van der Waals surface area contributed by atoms with Crippen LogP contribution in [0.2, 0.25) is 0 Å². The molecule has 1 fully saturated rings. The average molecular weight is 416 g/mol. The molecule has 1 aliphatic rings. The molecule has 1 saturated heterocycles. The molecule has 1 unspecified atom stereocenters. The van der Waals surface area contributed by atoms with E-state index in [2.05, 4.69) is 5.32 Å². The number of benzene rings is 2. The molecule has 154 valence electrons. The first-order valence-electron chi connectivity index (χ1n) is 8.71. The van der Waals surface area contributed by atoms with E-state index in [0.717, 1.165) is 12.1 Å². The maximum absolute atomic E-state index is 13.9. The Bertz CT molecular complexity index is 1020. The standard InChI is InChI=1S/C20H15F3N4O3/c21-20(22,23)19(14-4-2-1-3-5-14)17(29)27(18(30)26-19)12-16(28)25-15-8-6-13(7-9-15)10-11-24/h1-9H,10,12H2,(H,25,28)(H,26,30). The summed E-state index contributed by atoms with van der Waals surface area (Å²) in [5.74, 6) is -2.43. The van der Waals surface area contributed by atoms with Gasteiger partial charge in [-0.1, -0.05) is 42.5 Å². The van der Waals surface area contributed by atoms with Crippen LogP contribution in [0.5, 0.6) is 0 Å². The van der Waals surface area contributed by atoms with Gasteiger partial charge >= 0.3 is 12.2 Å². The summed E-state index contributed by atoms with van der Waals surface area (Å²) in [6, 6.07) is 13.1. The van der Waals surface area contributed by atoms with E-state index >= 15 is 0 Å². The van der Waals surface area contributed by atoms with Crippen molar-refractivity contribution >= 4 is 23.5 Å². The molecule has 3 rings (SSSR count). The number of imide groups is 1. The number of urea groups is 1. The normalized spacial score (nSPS) is 18.7. The van der Waals surface area contributed by atoms with Crippen LogP contribution < -0.4 is 10.6 Å². The monoisotopic (exact) mass is 416 g/mol. The largest absolute Gasteiger partial charge is 0.425 e. The zero-order valence-electron chi connectivity index (χ0n) is 15.4. The predicted molar refractivity (Wildman–Crippen MR) is 98.8 cm³/mol. The summed E-state index contributed by atoms with van der Waals surface area (Å²) in [4.78, 5) is 37.4. The number of hydrogen-bond donors (Lipinski definition) is 2. The number of carbonyl (C=O) groups excluding carboxylic acids is 3. The second kappa shape index (κ2) is 7.87. The highest BCUT2D eigenvalue weighted by Gasteiger charge is 2.68. The van der Waals surface area contributed by atoms with Crippen molar-refractivity contribution in [2.75, 3.05) is 11.9 Å². The van der Waals surface area contributed by atoms with Crippen LogP contribution >= 0.6 is 0 Å². The lowest BCUT2D eigenvalue weighted by Gasteiger charge is -2.29. The van der Waals surface area contributed by atoms with Crippen molar-refractivity contribution in [3.8, 4) is 6.07 Å². The fraction of sp³-hybridized carbons (Fsp3) is 0.200. The third-order valence-corrected chi connectivity index (χ3v) is 4.56. The lowest BCUT2D eigenvalue weighted by atomic mass is 9.89. The Morgan fingerprint density at radius 3 is 2.30 bits per heavy atom. The van der Waals surface area contributed by atoms with E-state index in [1.54, 1.807) is 17.4 Å². The topological polar surface area (TPSA) is 102 Å². The van der Waals surface area contributed by atoms with E-state index in [1.807, 2.05) is 6.07 Å². The van der Waals surface area contributed by atoms with Crippen LogP contribution in [0.4, 0.5) is 23.7 Å². The number of nitrogens with zero attached hydrogens (tertiary/aromatic N) is 2. The van der Waals surface area contributed by atoms with Gasteiger partial charge in [-0.05, 0) is 23.3 Å².